The number of rotatable bonds is 1. The first-order chi connectivity index (χ1) is 8.11. The molecule has 0 atom stereocenters. The number of amides is 1. The largest absolute Gasteiger partial charge is 0.365 e. The van der Waals surface area contributed by atoms with Crippen LogP contribution in [0.2, 0.25) is 5.02 Å². The maximum atomic E-state index is 11.1. The van der Waals surface area contributed by atoms with E-state index < -0.39 is 5.91 Å². The van der Waals surface area contributed by atoms with Crippen molar-refractivity contribution in [1.29, 1.82) is 5.26 Å². The fraction of sp³-hybridized carbons (Fsp3) is 0.0909. The van der Waals surface area contributed by atoms with Crippen LogP contribution in [0.1, 0.15) is 5.56 Å². The number of primary amides is 1. The van der Waals surface area contributed by atoms with Crippen LogP contribution in [0.25, 0.3) is 0 Å². The van der Waals surface area contributed by atoms with Gasteiger partial charge < -0.3 is 10.5 Å². The number of nitriles is 1. The lowest BCUT2D eigenvalue weighted by Crippen LogP contribution is -2.22. The van der Waals surface area contributed by atoms with E-state index in [2.05, 4.69) is 4.72 Å². The van der Waals surface area contributed by atoms with Crippen LogP contribution in [0.5, 0.6) is 0 Å². The van der Waals surface area contributed by atoms with E-state index in [0.29, 0.717) is 17.1 Å². The van der Waals surface area contributed by atoms with Gasteiger partial charge in [-0.25, -0.2) is 0 Å². The molecule has 0 radical (unpaired) electrons. The number of carbonyl (C=O) groups excluding carboxylic acids is 1. The average Bonchev–Trinajstić information content (AvgIpc) is 2.29. The van der Waals surface area contributed by atoms with Gasteiger partial charge in [0.05, 0.1) is 0 Å². The number of benzene rings is 1. The van der Waals surface area contributed by atoms with Crippen LogP contribution in [0.3, 0.4) is 0 Å². The minimum atomic E-state index is -0.715. The molecule has 0 fully saturated rings. The second kappa shape index (κ2) is 4.70. The lowest BCUT2D eigenvalue weighted by molar-refractivity contribution is -0.114. The third-order valence-corrected chi connectivity index (χ3v) is 3.52. The first kappa shape index (κ1) is 11.8. The van der Waals surface area contributed by atoms with Gasteiger partial charge in [0, 0.05) is 22.0 Å². The maximum absolute atomic E-state index is 11.1. The van der Waals surface area contributed by atoms with E-state index in [1.165, 1.54) is 11.9 Å². The van der Waals surface area contributed by atoms with Crippen molar-refractivity contribution in [2.45, 2.75) is 11.3 Å². The van der Waals surface area contributed by atoms with Gasteiger partial charge in [0.15, 0.2) is 0 Å². The molecule has 1 aromatic carbocycles. The minimum Gasteiger partial charge on any atom is -0.365 e. The van der Waals surface area contributed by atoms with E-state index in [1.807, 2.05) is 18.2 Å². The van der Waals surface area contributed by atoms with Gasteiger partial charge in [-0.1, -0.05) is 17.7 Å². The van der Waals surface area contributed by atoms with E-state index in [9.17, 15) is 4.79 Å². The number of hydrogen-bond acceptors (Lipinski definition) is 4. The van der Waals surface area contributed by atoms with Crippen molar-refractivity contribution in [1.82, 2.24) is 4.72 Å². The summed E-state index contributed by atoms with van der Waals surface area (Å²) in [6.45, 7) is 0. The van der Waals surface area contributed by atoms with Crippen molar-refractivity contribution in [3.63, 3.8) is 0 Å². The number of allylic oxidation sites excluding steroid dienone is 1. The highest BCUT2D eigenvalue weighted by molar-refractivity contribution is 7.97. The van der Waals surface area contributed by atoms with Crippen LogP contribution >= 0.6 is 23.5 Å². The standard InChI is InChI=1S/C11H8ClN3OS/c12-7-2-1-6-3-9(8(5-13)11(14)16)15-17-10(6)4-7/h1-2,4,15H,3H2,(H2,14,16)/b9-8+. The van der Waals surface area contributed by atoms with Crippen molar-refractivity contribution in [2.24, 2.45) is 5.73 Å². The molecular formula is C11H8ClN3OS. The highest BCUT2D eigenvalue weighted by Gasteiger charge is 2.19. The summed E-state index contributed by atoms with van der Waals surface area (Å²) < 4.78 is 2.95. The van der Waals surface area contributed by atoms with Gasteiger partial charge >= 0.3 is 0 Å². The summed E-state index contributed by atoms with van der Waals surface area (Å²) in [4.78, 5) is 12.1. The van der Waals surface area contributed by atoms with Crippen LogP contribution in [-0.2, 0) is 11.2 Å². The summed E-state index contributed by atoms with van der Waals surface area (Å²) in [5.74, 6) is -0.715. The first-order valence-electron chi connectivity index (χ1n) is 4.76. The molecule has 1 aliphatic heterocycles. The molecule has 1 heterocycles. The van der Waals surface area contributed by atoms with E-state index in [1.54, 1.807) is 6.07 Å². The van der Waals surface area contributed by atoms with Crippen molar-refractivity contribution in [2.75, 3.05) is 0 Å². The van der Waals surface area contributed by atoms with Crippen LogP contribution in [0, 0.1) is 11.3 Å². The number of nitrogens with zero attached hydrogens (tertiary/aromatic N) is 1. The van der Waals surface area contributed by atoms with Crippen LogP contribution in [0.4, 0.5) is 0 Å². The molecule has 1 aliphatic rings. The highest BCUT2D eigenvalue weighted by Crippen LogP contribution is 2.31. The molecule has 0 unspecified atom stereocenters. The highest BCUT2D eigenvalue weighted by atomic mass is 35.5. The Morgan fingerprint density at radius 3 is 3.00 bits per heavy atom. The Balaban J connectivity index is 2.40. The molecule has 17 heavy (non-hydrogen) atoms. The van der Waals surface area contributed by atoms with Gasteiger partial charge in [-0.2, -0.15) is 5.26 Å². The van der Waals surface area contributed by atoms with Crippen LogP contribution in [-0.4, -0.2) is 5.91 Å². The summed E-state index contributed by atoms with van der Waals surface area (Å²) in [7, 11) is 0. The molecule has 0 saturated heterocycles. The molecule has 86 valence electrons. The van der Waals surface area contributed by atoms with E-state index >= 15 is 0 Å². The molecule has 0 aromatic heterocycles. The number of halogens is 1. The molecule has 6 heteroatoms. The van der Waals surface area contributed by atoms with E-state index in [-0.39, 0.29) is 5.57 Å². The predicted octanol–water partition coefficient (Wildman–Crippen LogP) is 1.76. The third kappa shape index (κ3) is 2.38. The number of nitrogens with one attached hydrogen (secondary N) is 1. The molecule has 0 saturated carbocycles. The maximum Gasteiger partial charge on any atom is 0.261 e. The number of carbonyl (C=O) groups is 1. The summed E-state index contributed by atoms with van der Waals surface area (Å²) in [6.07, 6.45) is 0.478. The lowest BCUT2D eigenvalue weighted by Gasteiger charge is -2.20. The van der Waals surface area contributed by atoms with Crippen molar-refractivity contribution < 1.29 is 4.79 Å². The molecule has 0 spiro atoms. The molecule has 3 N–H and O–H groups in total. The molecular weight excluding hydrogens is 258 g/mol. The van der Waals surface area contributed by atoms with Gasteiger partial charge in [0.2, 0.25) is 0 Å². The fourth-order valence-electron chi connectivity index (χ4n) is 1.52. The quantitative estimate of drug-likeness (QED) is 0.461. The lowest BCUT2D eigenvalue weighted by atomic mass is 10.1. The Labute approximate surface area is 108 Å². The topological polar surface area (TPSA) is 78.9 Å². The molecule has 4 nitrogen and oxygen atoms in total. The minimum absolute atomic E-state index is 0.0295. The van der Waals surface area contributed by atoms with E-state index in [4.69, 9.17) is 22.6 Å². The van der Waals surface area contributed by atoms with Gasteiger partial charge in [-0.05, 0) is 29.6 Å². The van der Waals surface area contributed by atoms with Crippen molar-refractivity contribution >= 4 is 29.5 Å². The zero-order valence-corrected chi connectivity index (χ0v) is 10.2. The second-order valence-corrected chi connectivity index (χ2v) is 4.75. The van der Waals surface area contributed by atoms with Gasteiger partial charge in [0.1, 0.15) is 11.6 Å². The SMILES string of the molecule is N#C/C(C(N)=O)=C1/Cc2ccc(Cl)cc2SN1. The normalized spacial score (nSPS) is 16.5. The number of hydrogen-bond donors (Lipinski definition) is 2. The van der Waals surface area contributed by atoms with Crippen molar-refractivity contribution in [3.05, 3.63) is 40.1 Å². The average molecular weight is 266 g/mol. The van der Waals surface area contributed by atoms with Gasteiger partial charge in [-0.3, -0.25) is 4.79 Å². The monoisotopic (exact) mass is 265 g/mol. The molecule has 1 aromatic rings. The van der Waals surface area contributed by atoms with Crippen molar-refractivity contribution in [3.8, 4) is 6.07 Å². The first-order valence-corrected chi connectivity index (χ1v) is 5.95. The molecule has 0 bridgehead atoms. The Kier molecular flexibility index (Phi) is 3.27. The predicted molar refractivity (Wildman–Crippen MR) is 66.0 cm³/mol. The van der Waals surface area contributed by atoms with E-state index in [0.717, 1.165) is 10.5 Å². The summed E-state index contributed by atoms with van der Waals surface area (Å²) in [5.41, 5.74) is 6.66. The summed E-state index contributed by atoms with van der Waals surface area (Å²) >= 11 is 7.19. The summed E-state index contributed by atoms with van der Waals surface area (Å²) in [5, 5.41) is 9.52. The summed E-state index contributed by atoms with van der Waals surface area (Å²) in [6, 6.07) is 7.31. The Morgan fingerprint density at radius 1 is 1.59 bits per heavy atom. The fourth-order valence-corrected chi connectivity index (χ4v) is 2.62. The van der Waals surface area contributed by atoms with Gasteiger partial charge in [0.25, 0.3) is 5.91 Å². The molecule has 0 aliphatic carbocycles. The Hall–Kier alpha value is -1.64. The second-order valence-electron chi connectivity index (χ2n) is 3.46. The number of nitrogens with two attached hydrogens (primary N) is 1. The Bertz CT molecular complexity index is 562. The third-order valence-electron chi connectivity index (χ3n) is 2.34. The Morgan fingerprint density at radius 2 is 2.35 bits per heavy atom. The van der Waals surface area contributed by atoms with Gasteiger partial charge in [-0.15, -0.1) is 0 Å². The van der Waals surface area contributed by atoms with Crippen LogP contribution in [0.15, 0.2) is 34.4 Å². The zero-order valence-electron chi connectivity index (χ0n) is 8.66. The zero-order chi connectivity index (χ0) is 12.4. The number of fused-ring (bicyclic) bond motifs is 1. The molecule has 1 amide bonds. The smallest absolute Gasteiger partial charge is 0.261 e. The molecule has 2 rings (SSSR count). The van der Waals surface area contributed by atoms with Crippen LogP contribution < -0.4 is 10.5 Å².